The summed E-state index contributed by atoms with van der Waals surface area (Å²) in [6.45, 7) is 5.85. The van der Waals surface area contributed by atoms with Gasteiger partial charge < -0.3 is 0 Å². The zero-order valence-electron chi connectivity index (χ0n) is 12.8. The van der Waals surface area contributed by atoms with E-state index in [4.69, 9.17) is 0 Å². The molecule has 1 N–H and O–H groups in total. The van der Waals surface area contributed by atoms with Gasteiger partial charge in [0.05, 0.1) is 11.0 Å². The first-order chi connectivity index (χ1) is 9.78. The molecule has 2 rings (SSSR count). The van der Waals surface area contributed by atoms with Crippen LogP contribution in [0.1, 0.15) is 43.7 Å². The normalized spacial score (nSPS) is 26.3. The molecule has 1 aromatic carbocycles. The highest BCUT2D eigenvalue weighted by Gasteiger charge is 2.38. The minimum absolute atomic E-state index is 0.265. The second-order valence-electron chi connectivity index (χ2n) is 6.25. The van der Waals surface area contributed by atoms with Gasteiger partial charge >= 0.3 is 0 Å². The molecule has 0 amide bonds. The Morgan fingerprint density at radius 3 is 2.43 bits per heavy atom. The van der Waals surface area contributed by atoms with Gasteiger partial charge in [-0.25, -0.2) is 8.42 Å². The zero-order valence-corrected chi connectivity index (χ0v) is 13.6. The molecule has 0 atom stereocenters. The summed E-state index contributed by atoms with van der Waals surface area (Å²) in [5, 5.41) is 9.47. The number of sulfonamides is 1. The summed E-state index contributed by atoms with van der Waals surface area (Å²) in [5.74, 6) is 0.553. The Balaban J connectivity index is 2.30. The van der Waals surface area contributed by atoms with E-state index in [-0.39, 0.29) is 4.90 Å². The third-order valence-corrected chi connectivity index (χ3v) is 5.99. The number of rotatable bonds is 3. The maximum absolute atomic E-state index is 12.6. The van der Waals surface area contributed by atoms with Crippen molar-refractivity contribution in [2.45, 2.75) is 56.9 Å². The SMILES string of the molecule is Cc1ccc(S(=O)(=O)NC2(C#N)CCC(C)CC2)c(C)c1. The van der Waals surface area contributed by atoms with Gasteiger partial charge in [-0.05, 0) is 57.1 Å². The van der Waals surface area contributed by atoms with Crippen molar-refractivity contribution in [2.75, 3.05) is 0 Å². The lowest BCUT2D eigenvalue weighted by Gasteiger charge is -2.34. The predicted molar refractivity (Wildman–Crippen MR) is 82.2 cm³/mol. The summed E-state index contributed by atoms with van der Waals surface area (Å²) in [7, 11) is -3.67. The molecule has 1 saturated carbocycles. The van der Waals surface area contributed by atoms with Crippen LogP contribution in [-0.2, 0) is 10.0 Å². The molecule has 114 valence electrons. The summed E-state index contributed by atoms with van der Waals surface area (Å²) in [6.07, 6.45) is 2.91. The lowest BCUT2D eigenvalue weighted by molar-refractivity contribution is 0.278. The molecule has 21 heavy (non-hydrogen) atoms. The molecule has 1 aromatic rings. The maximum atomic E-state index is 12.6. The Morgan fingerprint density at radius 1 is 1.29 bits per heavy atom. The van der Waals surface area contributed by atoms with E-state index < -0.39 is 15.6 Å². The smallest absolute Gasteiger partial charge is 0.207 e. The Morgan fingerprint density at radius 2 is 1.90 bits per heavy atom. The van der Waals surface area contributed by atoms with E-state index in [1.54, 1.807) is 19.1 Å². The topological polar surface area (TPSA) is 70.0 Å². The van der Waals surface area contributed by atoms with Gasteiger partial charge in [-0.15, -0.1) is 0 Å². The van der Waals surface area contributed by atoms with E-state index in [0.717, 1.165) is 18.4 Å². The van der Waals surface area contributed by atoms with Gasteiger partial charge in [0.2, 0.25) is 10.0 Å². The number of aryl methyl sites for hydroxylation is 2. The van der Waals surface area contributed by atoms with Crippen LogP contribution in [0.5, 0.6) is 0 Å². The Hall–Kier alpha value is -1.38. The first-order valence-corrected chi connectivity index (χ1v) is 8.79. The first kappa shape index (κ1) is 16.0. The van der Waals surface area contributed by atoms with Gasteiger partial charge in [0.15, 0.2) is 0 Å². The number of nitrogens with zero attached hydrogens (tertiary/aromatic N) is 1. The van der Waals surface area contributed by atoms with Crippen molar-refractivity contribution < 1.29 is 8.42 Å². The molecule has 0 spiro atoms. The first-order valence-electron chi connectivity index (χ1n) is 7.30. The Bertz CT molecular complexity index is 666. The third kappa shape index (κ3) is 3.45. The molecule has 0 saturated heterocycles. The third-order valence-electron chi connectivity index (χ3n) is 4.29. The summed E-state index contributed by atoms with van der Waals surface area (Å²) in [4.78, 5) is 0.265. The van der Waals surface area contributed by atoms with Gasteiger partial charge in [0.25, 0.3) is 0 Å². The van der Waals surface area contributed by atoms with Crippen molar-refractivity contribution >= 4 is 10.0 Å². The highest BCUT2D eigenvalue weighted by molar-refractivity contribution is 7.89. The minimum atomic E-state index is -3.67. The van der Waals surface area contributed by atoms with Crippen molar-refractivity contribution in [3.63, 3.8) is 0 Å². The molecule has 4 nitrogen and oxygen atoms in total. The summed E-state index contributed by atoms with van der Waals surface area (Å²) < 4.78 is 27.9. The van der Waals surface area contributed by atoms with E-state index in [2.05, 4.69) is 17.7 Å². The fourth-order valence-corrected chi connectivity index (χ4v) is 4.51. The lowest BCUT2D eigenvalue weighted by atomic mass is 9.79. The number of benzene rings is 1. The molecule has 0 aromatic heterocycles. The fourth-order valence-electron chi connectivity index (χ4n) is 2.90. The fraction of sp³-hybridized carbons (Fsp3) is 0.562. The van der Waals surface area contributed by atoms with Crippen LogP contribution in [0.2, 0.25) is 0 Å². The molecule has 0 heterocycles. The van der Waals surface area contributed by atoms with Gasteiger partial charge in [-0.3, -0.25) is 0 Å². The standard InChI is InChI=1S/C16H22N2O2S/c1-12-6-8-16(11-17,9-7-12)18-21(19,20)15-5-4-13(2)10-14(15)3/h4-5,10,12,18H,6-9H2,1-3H3. The van der Waals surface area contributed by atoms with E-state index >= 15 is 0 Å². The van der Waals surface area contributed by atoms with Crippen LogP contribution in [-0.4, -0.2) is 14.0 Å². The van der Waals surface area contributed by atoms with Crippen LogP contribution >= 0.6 is 0 Å². The molecule has 5 heteroatoms. The number of hydrogen-bond acceptors (Lipinski definition) is 3. The summed E-state index contributed by atoms with van der Waals surface area (Å²) in [6, 6.07) is 7.44. The van der Waals surface area contributed by atoms with Crippen LogP contribution < -0.4 is 4.72 Å². The number of nitrogens with one attached hydrogen (secondary N) is 1. The lowest BCUT2D eigenvalue weighted by Crippen LogP contribution is -2.49. The average molecular weight is 306 g/mol. The molecular formula is C16H22N2O2S. The second-order valence-corrected chi connectivity index (χ2v) is 7.90. The number of nitriles is 1. The number of hydrogen-bond donors (Lipinski definition) is 1. The largest absolute Gasteiger partial charge is 0.242 e. The van der Waals surface area contributed by atoms with E-state index in [9.17, 15) is 13.7 Å². The van der Waals surface area contributed by atoms with Crippen molar-refractivity contribution in [3.8, 4) is 6.07 Å². The quantitative estimate of drug-likeness (QED) is 0.933. The van der Waals surface area contributed by atoms with Gasteiger partial charge in [0, 0.05) is 0 Å². The van der Waals surface area contributed by atoms with Crippen molar-refractivity contribution in [1.82, 2.24) is 4.72 Å². The average Bonchev–Trinajstić information content (AvgIpc) is 2.41. The highest BCUT2D eigenvalue weighted by Crippen LogP contribution is 2.33. The molecule has 0 unspecified atom stereocenters. The van der Waals surface area contributed by atoms with Crippen molar-refractivity contribution in [2.24, 2.45) is 5.92 Å². The van der Waals surface area contributed by atoms with Crippen LogP contribution in [0.4, 0.5) is 0 Å². The molecule has 0 aliphatic heterocycles. The van der Waals surface area contributed by atoms with Crippen molar-refractivity contribution in [1.29, 1.82) is 5.26 Å². The molecule has 1 fully saturated rings. The minimum Gasteiger partial charge on any atom is -0.207 e. The van der Waals surface area contributed by atoms with Crippen LogP contribution in [0.3, 0.4) is 0 Å². The zero-order chi connectivity index (χ0) is 15.7. The molecule has 0 bridgehead atoms. The van der Waals surface area contributed by atoms with Gasteiger partial charge in [-0.2, -0.15) is 9.98 Å². The van der Waals surface area contributed by atoms with E-state index in [1.807, 2.05) is 13.0 Å². The van der Waals surface area contributed by atoms with E-state index in [1.165, 1.54) is 0 Å². The molecular weight excluding hydrogens is 284 g/mol. The van der Waals surface area contributed by atoms with Crippen molar-refractivity contribution in [3.05, 3.63) is 29.3 Å². The van der Waals surface area contributed by atoms with Crippen LogP contribution in [0.25, 0.3) is 0 Å². The van der Waals surface area contributed by atoms with Gasteiger partial charge in [0.1, 0.15) is 5.54 Å². The monoisotopic (exact) mass is 306 g/mol. The van der Waals surface area contributed by atoms with Crippen LogP contribution in [0, 0.1) is 31.1 Å². The molecule has 0 radical (unpaired) electrons. The maximum Gasteiger partial charge on any atom is 0.242 e. The van der Waals surface area contributed by atoms with Gasteiger partial charge in [-0.1, -0.05) is 24.6 Å². The summed E-state index contributed by atoms with van der Waals surface area (Å²) >= 11 is 0. The molecule has 1 aliphatic carbocycles. The highest BCUT2D eigenvalue weighted by atomic mass is 32.2. The second kappa shape index (κ2) is 5.78. The Labute approximate surface area is 127 Å². The summed E-state index contributed by atoms with van der Waals surface area (Å²) in [5.41, 5.74) is 0.774. The predicted octanol–water partition coefficient (Wildman–Crippen LogP) is 3.05. The van der Waals surface area contributed by atoms with E-state index in [0.29, 0.717) is 24.3 Å². The Kier molecular flexibility index (Phi) is 4.40. The molecule has 1 aliphatic rings. The van der Waals surface area contributed by atoms with Crippen LogP contribution in [0.15, 0.2) is 23.1 Å².